The number of aliphatic hydroxyl groups excluding tert-OH is 1. The third kappa shape index (κ3) is 4.03. The smallest absolute Gasteiger partial charge is 0.313 e. The number of rotatable bonds is 7. The molecule has 4 rings (SSSR count). The number of amides is 1. The van der Waals surface area contributed by atoms with E-state index in [0.29, 0.717) is 31.4 Å². The Morgan fingerprint density at radius 1 is 1.17 bits per heavy atom. The molecule has 1 heterocycles. The molecule has 1 saturated carbocycles. The van der Waals surface area contributed by atoms with Crippen molar-refractivity contribution in [3.63, 3.8) is 0 Å². The van der Waals surface area contributed by atoms with Gasteiger partial charge in [0.2, 0.25) is 0 Å². The van der Waals surface area contributed by atoms with Gasteiger partial charge in [-0.05, 0) is 48.9 Å². The van der Waals surface area contributed by atoms with E-state index in [0.717, 1.165) is 23.1 Å². The second kappa shape index (κ2) is 8.44. The third-order valence-corrected chi connectivity index (χ3v) is 6.32. The molecule has 0 aromatic heterocycles. The molecule has 1 saturated heterocycles. The Balaban J connectivity index is 1.41. The molecule has 0 bridgehead atoms. The summed E-state index contributed by atoms with van der Waals surface area (Å²) in [5.41, 5.74) is 3.21. The average molecular weight is 405 g/mol. The van der Waals surface area contributed by atoms with E-state index >= 15 is 0 Å². The van der Waals surface area contributed by atoms with E-state index in [4.69, 9.17) is 4.74 Å². The normalized spacial score (nSPS) is 23.7. The van der Waals surface area contributed by atoms with Gasteiger partial charge in [-0.3, -0.25) is 9.59 Å². The predicted molar refractivity (Wildman–Crippen MR) is 114 cm³/mol. The van der Waals surface area contributed by atoms with Crippen LogP contribution >= 0.6 is 0 Å². The molecule has 2 N–H and O–H groups in total. The van der Waals surface area contributed by atoms with Crippen molar-refractivity contribution in [3.05, 3.63) is 83.4 Å². The second-order valence-corrected chi connectivity index (χ2v) is 8.50. The van der Waals surface area contributed by atoms with Gasteiger partial charge in [0.25, 0.3) is 5.91 Å². The number of esters is 1. The Bertz CT molecular complexity index is 937. The van der Waals surface area contributed by atoms with Crippen LogP contribution in [0.25, 0.3) is 0 Å². The highest BCUT2D eigenvalue weighted by Crippen LogP contribution is 2.52. The number of hydrogen-bond donors (Lipinski definition) is 2. The van der Waals surface area contributed by atoms with E-state index in [-0.39, 0.29) is 30.4 Å². The van der Waals surface area contributed by atoms with E-state index < -0.39 is 5.41 Å². The summed E-state index contributed by atoms with van der Waals surface area (Å²) >= 11 is 0. The fourth-order valence-electron chi connectivity index (χ4n) is 4.73. The first-order valence-corrected chi connectivity index (χ1v) is 10.4. The number of carbonyl (C=O) groups is 2. The number of allylic oxidation sites excluding steroid dienone is 1. The molecule has 156 valence electrons. The quantitative estimate of drug-likeness (QED) is 0.548. The van der Waals surface area contributed by atoms with E-state index in [1.54, 1.807) is 12.1 Å². The molecule has 3 atom stereocenters. The zero-order valence-electron chi connectivity index (χ0n) is 17.0. The standard InChI is InChI=1S/C25H27NO4/c1-17-11-21-16-30-24(29)25(21,13-17)14-19-7-9-20(10-8-19)23(28)26-22(15-27)12-18-5-3-2-4-6-18/h2-10,21-22,27H,1,11-16H2,(H,26,28). The van der Waals surface area contributed by atoms with Crippen LogP contribution in [0.2, 0.25) is 0 Å². The minimum Gasteiger partial charge on any atom is -0.465 e. The maximum atomic E-state index is 12.6. The molecular formula is C25H27NO4. The maximum Gasteiger partial charge on any atom is 0.313 e. The summed E-state index contributed by atoms with van der Waals surface area (Å²) in [6.45, 7) is 4.42. The third-order valence-electron chi connectivity index (χ3n) is 6.32. The lowest BCUT2D eigenvalue weighted by Crippen LogP contribution is -2.39. The van der Waals surface area contributed by atoms with Gasteiger partial charge in [-0.1, -0.05) is 54.6 Å². The van der Waals surface area contributed by atoms with Crippen molar-refractivity contribution in [2.45, 2.75) is 31.7 Å². The minimum atomic E-state index is -0.501. The van der Waals surface area contributed by atoms with Gasteiger partial charge in [-0.25, -0.2) is 0 Å². The Morgan fingerprint density at radius 3 is 2.60 bits per heavy atom. The number of aliphatic hydroxyl groups is 1. The van der Waals surface area contributed by atoms with E-state index in [9.17, 15) is 14.7 Å². The lowest BCUT2D eigenvalue weighted by atomic mass is 9.75. The molecule has 30 heavy (non-hydrogen) atoms. The first-order chi connectivity index (χ1) is 14.5. The maximum absolute atomic E-state index is 12.6. The van der Waals surface area contributed by atoms with Gasteiger partial charge >= 0.3 is 5.97 Å². The molecule has 5 heteroatoms. The Kier molecular flexibility index (Phi) is 5.73. The molecule has 2 fully saturated rings. The van der Waals surface area contributed by atoms with Gasteiger partial charge in [0.15, 0.2) is 0 Å². The summed E-state index contributed by atoms with van der Waals surface area (Å²) in [6, 6.07) is 16.8. The number of carbonyl (C=O) groups excluding carboxylic acids is 2. The number of fused-ring (bicyclic) bond motifs is 1. The molecule has 1 aliphatic carbocycles. The van der Waals surface area contributed by atoms with Crippen molar-refractivity contribution in [2.75, 3.05) is 13.2 Å². The fraction of sp³-hybridized carbons (Fsp3) is 0.360. The molecule has 0 radical (unpaired) electrons. The van der Waals surface area contributed by atoms with Crippen LogP contribution in [0.3, 0.4) is 0 Å². The lowest BCUT2D eigenvalue weighted by Gasteiger charge is -2.24. The molecule has 2 aliphatic rings. The highest BCUT2D eigenvalue weighted by atomic mass is 16.5. The zero-order chi connectivity index (χ0) is 21.1. The second-order valence-electron chi connectivity index (χ2n) is 8.50. The molecular weight excluding hydrogens is 378 g/mol. The monoisotopic (exact) mass is 405 g/mol. The van der Waals surface area contributed by atoms with Gasteiger partial charge in [0.05, 0.1) is 24.7 Å². The largest absolute Gasteiger partial charge is 0.465 e. The molecule has 1 amide bonds. The summed E-state index contributed by atoms with van der Waals surface area (Å²) in [4.78, 5) is 25.1. The summed E-state index contributed by atoms with van der Waals surface area (Å²) in [5.74, 6) is -0.148. The molecule has 5 nitrogen and oxygen atoms in total. The zero-order valence-corrected chi connectivity index (χ0v) is 17.0. The summed E-state index contributed by atoms with van der Waals surface area (Å²) in [7, 11) is 0. The number of hydrogen-bond acceptors (Lipinski definition) is 4. The molecule has 2 aromatic carbocycles. The van der Waals surface area contributed by atoms with Crippen LogP contribution in [0.4, 0.5) is 0 Å². The number of benzene rings is 2. The van der Waals surface area contributed by atoms with E-state index in [2.05, 4.69) is 11.9 Å². The van der Waals surface area contributed by atoms with Gasteiger partial charge in [-0.2, -0.15) is 0 Å². The molecule has 0 spiro atoms. The van der Waals surface area contributed by atoms with Crippen molar-refractivity contribution in [3.8, 4) is 0 Å². The van der Waals surface area contributed by atoms with Crippen LogP contribution in [0, 0.1) is 11.3 Å². The van der Waals surface area contributed by atoms with Crippen LogP contribution in [0.15, 0.2) is 66.7 Å². The SMILES string of the molecule is C=C1CC2COC(=O)C2(Cc2ccc(C(=O)NC(CO)Cc3ccccc3)cc2)C1. The lowest BCUT2D eigenvalue weighted by molar-refractivity contribution is -0.146. The molecule has 3 unspecified atom stereocenters. The van der Waals surface area contributed by atoms with Crippen LogP contribution in [-0.4, -0.2) is 36.2 Å². The minimum absolute atomic E-state index is 0.125. The van der Waals surface area contributed by atoms with Crippen molar-refractivity contribution in [1.82, 2.24) is 5.32 Å². The molecule has 1 aliphatic heterocycles. The first-order valence-electron chi connectivity index (χ1n) is 10.4. The van der Waals surface area contributed by atoms with Crippen molar-refractivity contribution in [1.29, 1.82) is 0 Å². The summed E-state index contributed by atoms with van der Waals surface area (Å²) < 4.78 is 5.34. The van der Waals surface area contributed by atoms with Crippen LogP contribution in [-0.2, 0) is 22.4 Å². The Hall–Kier alpha value is -2.92. The average Bonchev–Trinajstić information content (AvgIpc) is 3.22. The van der Waals surface area contributed by atoms with Crippen molar-refractivity contribution in [2.24, 2.45) is 11.3 Å². The number of cyclic esters (lactones) is 1. The van der Waals surface area contributed by atoms with Gasteiger partial charge < -0.3 is 15.2 Å². The van der Waals surface area contributed by atoms with Gasteiger partial charge in [0, 0.05) is 11.5 Å². The first kappa shape index (κ1) is 20.4. The van der Waals surface area contributed by atoms with Gasteiger partial charge in [-0.15, -0.1) is 0 Å². The van der Waals surface area contributed by atoms with Crippen LogP contribution in [0.5, 0.6) is 0 Å². The fourth-order valence-corrected chi connectivity index (χ4v) is 4.73. The van der Waals surface area contributed by atoms with Crippen LogP contribution in [0.1, 0.15) is 34.3 Å². The van der Waals surface area contributed by atoms with Crippen LogP contribution < -0.4 is 5.32 Å². The van der Waals surface area contributed by atoms with E-state index in [1.165, 1.54) is 0 Å². The van der Waals surface area contributed by atoms with Gasteiger partial charge in [0.1, 0.15) is 0 Å². The Labute approximate surface area is 176 Å². The number of nitrogens with one attached hydrogen (secondary N) is 1. The predicted octanol–water partition coefficient (Wildman–Crippen LogP) is 3.07. The highest BCUT2D eigenvalue weighted by Gasteiger charge is 2.55. The summed E-state index contributed by atoms with van der Waals surface area (Å²) in [6.07, 6.45) is 2.69. The highest BCUT2D eigenvalue weighted by molar-refractivity contribution is 5.94. The van der Waals surface area contributed by atoms with Crippen molar-refractivity contribution < 1.29 is 19.4 Å². The Morgan fingerprint density at radius 2 is 1.90 bits per heavy atom. The topological polar surface area (TPSA) is 75.6 Å². The van der Waals surface area contributed by atoms with E-state index in [1.807, 2.05) is 42.5 Å². The molecule has 2 aromatic rings. The summed E-state index contributed by atoms with van der Waals surface area (Å²) in [5, 5.41) is 12.6. The number of ether oxygens (including phenoxy) is 1. The van der Waals surface area contributed by atoms with Crippen molar-refractivity contribution >= 4 is 11.9 Å².